The van der Waals surface area contributed by atoms with Gasteiger partial charge in [0.15, 0.2) is 0 Å². The lowest BCUT2D eigenvalue weighted by Crippen LogP contribution is -2.39. The lowest BCUT2D eigenvalue weighted by atomic mass is 9.87. The number of aliphatic hydroxyl groups excluding tert-OH is 1. The largest absolute Gasteiger partial charge is 0.393 e. The number of rotatable bonds is 5. The molecule has 1 aromatic carbocycles. The Morgan fingerprint density at radius 3 is 2.72 bits per heavy atom. The maximum atomic E-state index is 13.4. The fraction of sp³-hybridized carbons (Fsp3) is 0.526. The standard InChI is InChI=1S/C19H25FN4O/c1-13(2)10-18(25)14-6-8-24(9-7-14)19-22-17(12-21-23-19)15-4-3-5-16(20)11-15/h3-5,11-14,18,25H,6-10H2,1-2H3/t18-/m1/s1. The fourth-order valence-corrected chi connectivity index (χ4v) is 3.37. The van der Waals surface area contributed by atoms with E-state index in [9.17, 15) is 9.50 Å². The van der Waals surface area contributed by atoms with Gasteiger partial charge in [0.25, 0.3) is 0 Å². The van der Waals surface area contributed by atoms with Crippen LogP contribution >= 0.6 is 0 Å². The van der Waals surface area contributed by atoms with Crippen molar-refractivity contribution in [1.82, 2.24) is 15.2 Å². The first kappa shape index (κ1) is 17.7. The summed E-state index contributed by atoms with van der Waals surface area (Å²) >= 11 is 0. The highest BCUT2D eigenvalue weighted by molar-refractivity contribution is 5.59. The number of halogens is 1. The lowest BCUT2D eigenvalue weighted by Gasteiger charge is -2.34. The van der Waals surface area contributed by atoms with Crippen LogP contribution in [0.15, 0.2) is 30.5 Å². The van der Waals surface area contributed by atoms with Gasteiger partial charge in [-0.2, -0.15) is 5.10 Å². The molecule has 25 heavy (non-hydrogen) atoms. The second-order valence-corrected chi connectivity index (χ2v) is 7.17. The summed E-state index contributed by atoms with van der Waals surface area (Å²) in [6, 6.07) is 6.33. The molecule has 3 rings (SSSR count). The monoisotopic (exact) mass is 344 g/mol. The Morgan fingerprint density at radius 1 is 1.28 bits per heavy atom. The van der Waals surface area contributed by atoms with Gasteiger partial charge in [-0.05, 0) is 43.2 Å². The van der Waals surface area contributed by atoms with E-state index in [0.717, 1.165) is 32.4 Å². The molecule has 134 valence electrons. The van der Waals surface area contributed by atoms with Crippen molar-refractivity contribution in [3.8, 4) is 11.3 Å². The van der Waals surface area contributed by atoms with Crippen molar-refractivity contribution < 1.29 is 9.50 Å². The molecule has 2 heterocycles. The van der Waals surface area contributed by atoms with Gasteiger partial charge in [0.1, 0.15) is 5.82 Å². The third-order valence-electron chi connectivity index (χ3n) is 4.75. The molecule has 0 radical (unpaired) electrons. The molecule has 1 aliphatic heterocycles. The van der Waals surface area contributed by atoms with Gasteiger partial charge in [0.2, 0.25) is 5.95 Å². The average Bonchev–Trinajstić information content (AvgIpc) is 2.61. The minimum Gasteiger partial charge on any atom is -0.393 e. The second-order valence-electron chi connectivity index (χ2n) is 7.17. The average molecular weight is 344 g/mol. The van der Waals surface area contributed by atoms with E-state index in [2.05, 4.69) is 33.9 Å². The van der Waals surface area contributed by atoms with Gasteiger partial charge in [0.05, 0.1) is 18.0 Å². The molecule has 2 aromatic rings. The highest BCUT2D eigenvalue weighted by Gasteiger charge is 2.27. The van der Waals surface area contributed by atoms with E-state index in [4.69, 9.17) is 0 Å². The molecule has 1 N–H and O–H groups in total. The van der Waals surface area contributed by atoms with E-state index in [1.165, 1.54) is 12.1 Å². The van der Waals surface area contributed by atoms with Crippen LogP contribution in [0.4, 0.5) is 10.3 Å². The molecule has 0 bridgehead atoms. The third-order valence-corrected chi connectivity index (χ3v) is 4.75. The summed E-state index contributed by atoms with van der Waals surface area (Å²) < 4.78 is 13.4. The van der Waals surface area contributed by atoms with Crippen LogP contribution in [-0.4, -0.2) is 39.5 Å². The van der Waals surface area contributed by atoms with E-state index in [0.29, 0.717) is 29.0 Å². The van der Waals surface area contributed by atoms with Gasteiger partial charge in [-0.15, -0.1) is 5.10 Å². The first-order valence-corrected chi connectivity index (χ1v) is 8.91. The van der Waals surface area contributed by atoms with Crippen LogP contribution < -0.4 is 4.90 Å². The number of aliphatic hydroxyl groups is 1. The topological polar surface area (TPSA) is 62.1 Å². The molecule has 0 aliphatic carbocycles. The number of aromatic nitrogens is 3. The summed E-state index contributed by atoms with van der Waals surface area (Å²) in [6.45, 7) is 5.87. The van der Waals surface area contributed by atoms with Crippen LogP contribution in [0.3, 0.4) is 0 Å². The zero-order valence-electron chi connectivity index (χ0n) is 14.8. The van der Waals surface area contributed by atoms with Gasteiger partial charge in [-0.25, -0.2) is 9.37 Å². The molecule has 1 saturated heterocycles. The van der Waals surface area contributed by atoms with Crippen LogP contribution in [0.25, 0.3) is 11.3 Å². The maximum absolute atomic E-state index is 13.4. The van der Waals surface area contributed by atoms with E-state index in [1.54, 1.807) is 12.3 Å². The lowest BCUT2D eigenvalue weighted by molar-refractivity contribution is 0.0733. The molecular weight excluding hydrogens is 319 g/mol. The number of anilines is 1. The molecular formula is C19H25FN4O. The predicted octanol–water partition coefficient (Wildman–Crippen LogP) is 3.30. The molecule has 6 heteroatoms. The van der Waals surface area contributed by atoms with Gasteiger partial charge < -0.3 is 10.0 Å². The summed E-state index contributed by atoms with van der Waals surface area (Å²) in [5.74, 6) is 1.11. The van der Waals surface area contributed by atoms with Crippen LogP contribution in [-0.2, 0) is 0 Å². The van der Waals surface area contributed by atoms with E-state index < -0.39 is 0 Å². The van der Waals surface area contributed by atoms with Gasteiger partial charge in [0, 0.05) is 18.7 Å². The Hall–Kier alpha value is -2.08. The normalized spacial score (nSPS) is 17.1. The van der Waals surface area contributed by atoms with Crippen molar-refractivity contribution in [1.29, 1.82) is 0 Å². The molecule has 5 nitrogen and oxygen atoms in total. The molecule has 0 unspecified atom stereocenters. The van der Waals surface area contributed by atoms with Crippen molar-refractivity contribution in [2.45, 2.75) is 39.2 Å². The Balaban J connectivity index is 1.67. The SMILES string of the molecule is CC(C)C[C@@H](O)C1CCN(c2nncc(-c3cccc(F)c3)n2)CC1. The molecule has 1 atom stereocenters. The van der Waals surface area contributed by atoms with Crippen molar-refractivity contribution in [3.05, 3.63) is 36.3 Å². The van der Waals surface area contributed by atoms with Crippen LogP contribution in [0, 0.1) is 17.7 Å². The minimum atomic E-state index is -0.294. The van der Waals surface area contributed by atoms with Crippen molar-refractivity contribution in [3.63, 3.8) is 0 Å². The summed E-state index contributed by atoms with van der Waals surface area (Å²) in [5.41, 5.74) is 1.31. The zero-order valence-corrected chi connectivity index (χ0v) is 14.8. The Labute approximate surface area is 147 Å². The Kier molecular flexibility index (Phi) is 5.58. The predicted molar refractivity (Wildman–Crippen MR) is 95.6 cm³/mol. The van der Waals surface area contributed by atoms with Gasteiger partial charge in [-0.1, -0.05) is 26.0 Å². The fourth-order valence-electron chi connectivity index (χ4n) is 3.37. The quantitative estimate of drug-likeness (QED) is 0.902. The van der Waals surface area contributed by atoms with Crippen molar-refractivity contribution >= 4 is 5.95 Å². The molecule has 0 saturated carbocycles. The molecule has 0 amide bonds. The molecule has 1 fully saturated rings. The van der Waals surface area contributed by atoms with Crippen molar-refractivity contribution in [2.24, 2.45) is 11.8 Å². The molecule has 1 aromatic heterocycles. The number of hydrogen-bond donors (Lipinski definition) is 1. The first-order valence-electron chi connectivity index (χ1n) is 8.91. The maximum Gasteiger partial charge on any atom is 0.245 e. The third kappa shape index (κ3) is 4.51. The Morgan fingerprint density at radius 2 is 2.04 bits per heavy atom. The van der Waals surface area contributed by atoms with Crippen LogP contribution in [0.1, 0.15) is 33.1 Å². The zero-order chi connectivity index (χ0) is 17.8. The number of hydrogen-bond acceptors (Lipinski definition) is 5. The minimum absolute atomic E-state index is 0.236. The summed E-state index contributed by atoms with van der Waals surface area (Å²) in [7, 11) is 0. The van der Waals surface area contributed by atoms with Gasteiger partial charge >= 0.3 is 0 Å². The summed E-state index contributed by atoms with van der Waals surface area (Å²) in [5, 5.41) is 18.5. The summed E-state index contributed by atoms with van der Waals surface area (Å²) in [4.78, 5) is 6.64. The number of benzene rings is 1. The molecule has 0 spiro atoms. The van der Waals surface area contributed by atoms with Gasteiger partial charge in [-0.3, -0.25) is 0 Å². The summed E-state index contributed by atoms with van der Waals surface area (Å²) in [6.07, 6.45) is 4.00. The number of piperidine rings is 1. The van der Waals surface area contributed by atoms with Crippen LogP contribution in [0.5, 0.6) is 0 Å². The van der Waals surface area contributed by atoms with E-state index in [-0.39, 0.29) is 11.9 Å². The highest BCUT2D eigenvalue weighted by atomic mass is 19.1. The second kappa shape index (κ2) is 7.87. The smallest absolute Gasteiger partial charge is 0.245 e. The van der Waals surface area contributed by atoms with E-state index in [1.807, 2.05) is 6.07 Å². The molecule has 1 aliphatic rings. The van der Waals surface area contributed by atoms with Crippen molar-refractivity contribution in [2.75, 3.05) is 18.0 Å². The number of nitrogens with zero attached hydrogens (tertiary/aromatic N) is 4. The first-order chi connectivity index (χ1) is 12.0. The Bertz CT molecular complexity index is 701. The van der Waals surface area contributed by atoms with Crippen LogP contribution in [0.2, 0.25) is 0 Å². The van der Waals surface area contributed by atoms with E-state index >= 15 is 0 Å². The highest BCUT2D eigenvalue weighted by Crippen LogP contribution is 2.27.